The number of carboxylic acids is 1. The minimum Gasteiger partial charge on any atom is -0.481 e. The minimum absolute atomic E-state index is 0.372. The van der Waals surface area contributed by atoms with E-state index < -0.39 is 17.0 Å². The van der Waals surface area contributed by atoms with Crippen LogP contribution in [0.2, 0.25) is 0 Å². The lowest BCUT2D eigenvalue weighted by Crippen LogP contribution is -2.53. The van der Waals surface area contributed by atoms with Crippen molar-refractivity contribution in [3.63, 3.8) is 0 Å². The van der Waals surface area contributed by atoms with Crippen molar-refractivity contribution in [3.05, 3.63) is 0 Å². The summed E-state index contributed by atoms with van der Waals surface area (Å²) in [6.07, 6.45) is 2.22. The molecule has 0 radical (unpaired) electrons. The number of aliphatic hydroxyl groups is 1. The Morgan fingerprint density at radius 2 is 1.67 bits per heavy atom. The Morgan fingerprint density at radius 3 is 1.93 bits per heavy atom. The molecular formula is C12H22O3. The first-order valence-corrected chi connectivity index (χ1v) is 5.65. The number of rotatable bonds is 2. The molecule has 0 aromatic rings. The van der Waals surface area contributed by atoms with E-state index in [-0.39, 0.29) is 0 Å². The van der Waals surface area contributed by atoms with Crippen molar-refractivity contribution in [3.8, 4) is 0 Å². The normalized spacial score (nSPS) is 37.7. The topological polar surface area (TPSA) is 57.5 Å². The highest BCUT2D eigenvalue weighted by Crippen LogP contribution is 2.49. The quantitative estimate of drug-likeness (QED) is 0.741. The molecule has 0 spiro atoms. The van der Waals surface area contributed by atoms with E-state index in [2.05, 4.69) is 13.8 Å². The van der Waals surface area contributed by atoms with Crippen molar-refractivity contribution in [2.45, 2.75) is 52.6 Å². The molecule has 0 heterocycles. The summed E-state index contributed by atoms with van der Waals surface area (Å²) in [5.74, 6) is -0.110. The molecule has 1 aliphatic carbocycles. The molecule has 0 saturated heterocycles. The molecule has 0 amide bonds. The second kappa shape index (κ2) is 3.78. The van der Waals surface area contributed by atoms with Gasteiger partial charge in [0.25, 0.3) is 0 Å². The molecular weight excluding hydrogens is 192 g/mol. The Hall–Kier alpha value is -0.570. The molecule has 0 aromatic carbocycles. The second-order valence-electron chi connectivity index (χ2n) is 5.80. The molecule has 1 rings (SSSR count). The lowest BCUT2D eigenvalue weighted by molar-refractivity contribution is -0.174. The van der Waals surface area contributed by atoms with Crippen LogP contribution in [-0.4, -0.2) is 21.8 Å². The fourth-order valence-corrected chi connectivity index (χ4v) is 3.06. The van der Waals surface area contributed by atoms with Crippen molar-refractivity contribution >= 4 is 5.97 Å². The summed E-state index contributed by atoms with van der Waals surface area (Å²) >= 11 is 0. The molecule has 2 unspecified atom stereocenters. The number of aliphatic carboxylic acids is 1. The zero-order chi connectivity index (χ0) is 11.9. The Kier molecular flexibility index (Phi) is 3.15. The maximum atomic E-state index is 11.5. The lowest BCUT2D eigenvalue weighted by Gasteiger charge is -2.46. The Bertz CT molecular complexity index is 242. The monoisotopic (exact) mass is 214 g/mol. The Labute approximate surface area is 91.5 Å². The van der Waals surface area contributed by atoms with E-state index in [1.807, 2.05) is 0 Å². The fraction of sp³-hybridized carbons (Fsp3) is 0.917. The molecule has 1 aliphatic rings. The van der Waals surface area contributed by atoms with Crippen molar-refractivity contribution < 1.29 is 15.0 Å². The first-order valence-electron chi connectivity index (χ1n) is 5.65. The van der Waals surface area contributed by atoms with Gasteiger partial charge in [-0.3, -0.25) is 4.79 Å². The second-order valence-corrected chi connectivity index (χ2v) is 5.80. The number of carboxylic acid groups (broad SMARTS) is 1. The van der Waals surface area contributed by atoms with E-state index in [9.17, 15) is 15.0 Å². The first kappa shape index (κ1) is 12.5. The largest absolute Gasteiger partial charge is 0.481 e. The summed E-state index contributed by atoms with van der Waals surface area (Å²) in [6.45, 7) is 7.37. The van der Waals surface area contributed by atoms with Crippen LogP contribution in [0.5, 0.6) is 0 Å². The number of hydrogen-bond donors (Lipinski definition) is 2. The third kappa shape index (κ3) is 2.17. The van der Waals surface area contributed by atoms with Crippen LogP contribution in [0.4, 0.5) is 0 Å². The minimum atomic E-state index is -1.15. The molecule has 15 heavy (non-hydrogen) atoms. The molecule has 1 saturated carbocycles. The molecule has 2 N–H and O–H groups in total. The molecule has 3 nitrogen and oxygen atoms in total. The molecule has 0 aromatic heterocycles. The van der Waals surface area contributed by atoms with Gasteiger partial charge in [0, 0.05) is 0 Å². The molecule has 0 aliphatic heterocycles. The SMILES string of the molecule is CC1CC(C)CC(C(=O)O)(C(C)(C)O)C1. The van der Waals surface area contributed by atoms with E-state index in [1.165, 1.54) is 0 Å². The smallest absolute Gasteiger partial charge is 0.312 e. The maximum absolute atomic E-state index is 11.5. The van der Waals surface area contributed by atoms with Crippen LogP contribution in [0.3, 0.4) is 0 Å². The molecule has 88 valence electrons. The van der Waals surface area contributed by atoms with E-state index >= 15 is 0 Å². The average Bonchev–Trinajstić information content (AvgIpc) is 1.99. The van der Waals surface area contributed by atoms with Gasteiger partial charge in [-0.2, -0.15) is 0 Å². The summed E-state index contributed by atoms with van der Waals surface area (Å²) in [7, 11) is 0. The van der Waals surface area contributed by atoms with Gasteiger partial charge in [-0.1, -0.05) is 13.8 Å². The lowest BCUT2D eigenvalue weighted by atomic mass is 9.59. The summed E-state index contributed by atoms with van der Waals surface area (Å²) in [5.41, 5.74) is -2.12. The van der Waals surface area contributed by atoms with Crippen molar-refractivity contribution in [1.29, 1.82) is 0 Å². The van der Waals surface area contributed by atoms with E-state index in [0.717, 1.165) is 6.42 Å². The van der Waals surface area contributed by atoms with Crippen molar-refractivity contribution in [1.82, 2.24) is 0 Å². The van der Waals surface area contributed by atoms with Gasteiger partial charge in [0.15, 0.2) is 0 Å². The molecule has 2 atom stereocenters. The summed E-state index contributed by atoms with van der Waals surface area (Å²) in [6, 6.07) is 0. The Morgan fingerprint density at radius 1 is 1.27 bits per heavy atom. The van der Waals surface area contributed by atoms with E-state index in [1.54, 1.807) is 13.8 Å². The van der Waals surface area contributed by atoms with Crippen LogP contribution >= 0.6 is 0 Å². The average molecular weight is 214 g/mol. The molecule has 3 heteroatoms. The molecule has 1 fully saturated rings. The summed E-state index contributed by atoms with van der Waals surface area (Å²) < 4.78 is 0. The third-order valence-electron chi connectivity index (χ3n) is 3.78. The molecule has 0 bridgehead atoms. The number of hydrogen-bond acceptors (Lipinski definition) is 2. The highest BCUT2D eigenvalue weighted by Gasteiger charge is 2.53. The number of carbonyl (C=O) groups is 1. The van der Waals surface area contributed by atoms with Gasteiger partial charge >= 0.3 is 5.97 Å². The van der Waals surface area contributed by atoms with Crippen molar-refractivity contribution in [2.75, 3.05) is 0 Å². The van der Waals surface area contributed by atoms with Crippen LogP contribution in [0.1, 0.15) is 47.0 Å². The van der Waals surface area contributed by atoms with Gasteiger partial charge < -0.3 is 10.2 Å². The van der Waals surface area contributed by atoms with Gasteiger partial charge in [-0.25, -0.2) is 0 Å². The zero-order valence-corrected chi connectivity index (χ0v) is 10.1. The fourth-order valence-electron chi connectivity index (χ4n) is 3.06. The predicted octanol–water partition coefficient (Wildman–Crippen LogP) is 2.28. The van der Waals surface area contributed by atoms with Crippen LogP contribution < -0.4 is 0 Å². The van der Waals surface area contributed by atoms with Gasteiger partial charge in [-0.15, -0.1) is 0 Å². The first-order chi connectivity index (χ1) is 6.69. The van der Waals surface area contributed by atoms with E-state index in [4.69, 9.17) is 0 Å². The van der Waals surface area contributed by atoms with E-state index in [0.29, 0.717) is 24.7 Å². The highest BCUT2D eigenvalue weighted by atomic mass is 16.4. The van der Waals surface area contributed by atoms with Crippen LogP contribution in [0.15, 0.2) is 0 Å². The van der Waals surface area contributed by atoms with Gasteiger partial charge in [0.2, 0.25) is 0 Å². The standard InChI is InChI=1S/C12H22O3/c1-8-5-9(2)7-12(6-8,10(13)14)11(3,4)15/h8-9,15H,5-7H2,1-4H3,(H,13,14). The van der Waals surface area contributed by atoms with Crippen molar-refractivity contribution in [2.24, 2.45) is 17.3 Å². The van der Waals surface area contributed by atoms with Gasteiger partial charge in [0.05, 0.1) is 11.0 Å². The predicted molar refractivity (Wildman–Crippen MR) is 58.5 cm³/mol. The van der Waals surface area contributed by atoms with Crippen LogP contribution in [0, 0.1) is 17.3 Å². The third-order valence-corrected chi connectivity index (χ3v) is 3.78. The zero-order valence-electron chi connectivity index (χ0n) is 10.1. The highest BCUT2D eigenvalue weighted by molar-refractivity contribution is 5.76. The van der Waals surface area contributed by atoms with Crippen LogP contribution in [-0.2, 0) is 4.79 Å². The Balaban J connectivity index is 3.06. The van der Waals surface area contributed by atoms with Gasteiger partial charge in [0.1, 0.15) is 0 Å². The summed E-state index contributed by atoms with van der Waals surface area (Å²) in [5, 5.41) is 19.5. The van der Waals surface area contributed by atoms with Gasteiger partial charge in [-0.05, 0) is 44.9 Å². The maximum Gasteiger partial charge on any atom is 0.312 e. The van der Waals surface area contributed by atoms with Crippen LogP contribution in [0.25, 0.3) is 0 Å². The summed E-state index contributed by atoms with van der Waals surface area (Å²) in [4.78, 5) is 11.5.